The fourth-order valence-corrected chi connectivity index (χ4v) is 3.86. The Morgan fingerprint density at radius 3 is 2.71 bits per heavy atom. The maximum absolute atomic E-state index is 12.4. The van der Waals surface area contributed by atoms with E-state index in [2.05, 4.69) is 44.4 Å². The summed E-state index contributed by atoms with van der Waals surface area (Å²) in [5.41, 5.74) is 5.98. The summed E-state index contributed by atoms with van der Waals surface area (Å²) in [7, 11) is 0. The standard InChI is InChI=1S/C20H20N6OS/c1-12-4-6-15(7-5-12)17-10-28-20(24-17)25-18(27)9-8-16-13(2)23-19-21-11-22-26(19)14(16)3/h4-7,10-11H,8-9H2,1-3H3,(H,24,25,27). The van der Waals surface area contributed by atoms with Crippen LogP contribution in [0.1, 0.15) is 28.9 Å². The number of fused-ring (bicyclic) bond motifs is 1. The number of nitrogens with zero attached hydrogens (tertiary/aromatic N) is 5. The normalized spacial score (nSPS) is 11.1. The van der Waals surface area contributed by atoms with E-state index < -0.39 is 0 Å². The lowest BCUT2D eigenvalue weighted by Crippen LogP contribution is -2.14. The average Bonchev–Trinajstić information content (AvgIpc) is 3.31. The highest BCUT2D eigenvalue weighted by Crippen LogP contribution is 2.25. The van der Waals surface area contributed by atoms with E-state index in [1.165, 1.54) is 23.2 Å². The summed E-state index contributed by atoms with van der Waals surface area (Å²) in [5, 5.41) is 9.65. The third-order valence-electron chi connectivity index (χ3n) is 4.69. The molecule has 0 aliphatic heterocycles. The molecule has 0 radical (unpaired) electrons. The smallest absolute Gasteiger partial charge is 0.252 e. The fraction of sp³-hybridized carbons (Fsp3) is 0.250. The van der Waals surface area contributed by atoms with E-state index in [9.17, 15) is 4.79 Å². The molecule has 0 unspecified atom stereocenters. The zero-order valence-electron chi connectivity index (χ0n) is 15.9. The third-order valence-corrected chi connectivity index (χ3v) is 5.45. The molecule has 4 aromatic rings. The van der Waals surface area contributed by atoms with Crippen molar-refractivity contribution in [3.63, 3.8) is 0 Å². The maximum atomic E-state index is 12.4. The van der Waals surface area contributed by atoms with E-state index in [0.29, 0.717) is 23.8 Å². The molecule has 0 spiro atoms. The maximum Gasteiger partial charge on any atom is 0.252 e. The number of amides is 1. The first-order chi connectivity index (χ1) is 13.5. The van der Waals surface area contributed by atoms with Gasteiger partial charge in [-0.15, -0.1) is 11.3 Å². The summed E-state index contributed by atoms with van der Waals surface area (Å²) >= 11 is 1.43. The van der Waals surface area contributed by atoms with Gasteiger partial charge in [0, 0.05) is 28.8 Å². The molecule has 1 amide bonds. The third kappa shape index (κ3) is 3.63. The molecule has 3 aromatic heterocycles. The molecule has 0 saturated heterocycles. The van der Waals surface area contributed by atoms with Gasteiger partial charge in [-0.05, 0) is 32.8 Å². The van der Waals surface area contributed by atoms with E-state index >= 15 is 0 Å². The number of carbonyl (C=O) groups is 1. The highest BCUT2D eigenvalue weighted by molar-refractivity contribution is 7.14. The van der Waals surface area contributed by atoms with Crippen LogP contribution in [0, 0.1) is 20.8 Å². The van der Waals surface area contributed by atoms with Gasteiger partial charge in [0.05, 0.1) is 5.69 Å². The molecule has 0 bridgehead atoms. The lowest BCUT2D eigenvalue weighted by Gasteiger charge is -2.10. The van der Waals surface area contributed by atoms with Crippen molar-refractivity contribution in [2.75, 3.05) is 5.32 Å². The van der Waals surface area contributed by atoms with Gasteiger partial charge in [0.2, 0.25) is 5.91 Å². The summed E-state index contributed by atoms with van der Waals surface area (Å²) in [6.07, 6.45) is 2.42. The number of anilines is 1. The van der Waals surface area contributed by atoms with E-state index in [0.717, 1.165) is 28.2 Å². The van der Waals surface area contributed by atoms with Crippen LogP contribution >= 0.6 is 11.3 Å². The molecule has 7 nitrogen and oxygen atoms in total. The Balaban J connectivity index is 1.42. The first kappa shape index (κ1) is 18.2. The molecule has 3 heterocycles. The van der Waals surface area contributed by atoms with Gasteiger partial charge in [0.1, 0.15) is 6.33 Å². The number of benzene rings is 1. The zero-order valence-corrected chi connectivity index (χ0v) is 16.7. The number of carbonyl (C=O) groups excluding carboxylic acids is 1. The number of aromatic nitrogens is 5. The minimum atomic E-state index is -0.0673. The van der Waals surface area contributed by atoms with Gasteiger partial charge in [-0.2, -0.15) is 10.1 Å². The van der Waals surface area contributed by atoms with Gasteiger partial charge in [-0.25, -0.2) is 14.5 Å². The summed E-state index contributed by atoms with van der Waals surface area (Å²) in [5.74, 6) is 0.511. The van der Waals surface area contributed by atoms with Crippen molar-refractivity contribution in [1.82, 2.24) is 24.6 Å². The van der Waals surface area contributed by atoms with Gasteiger partial charge in [-0.1, -0.05) is 29.8 Å². The molecule has 0 atom stereocenters. The molecular weight excluding hydrogens is 372 g/mol. The Morgan fingerprint density at radius 1 is 1.14 bits per heavy atom. The molecule has 0 fully saturated rings. The molecule has 0 aliphatic carbocycles. The second-order valence-electron chi connectivity index (χ2n) is 6.69. The number of hydrogen-bond acceptors (Lipinski definition) is 6. The Morgan fingerprint density at radius 2 is 1.93 bits per heavy atom. The van der Waals surface area contributed by atoms with Crippen LogP contribution in [0.2, 0.25) is 0 Å². The SMILES string of the molecule is Cc1ccc(-c2csc(NC(=O)CCc3c(C)nc4ncnn4c3C)n2)cc1. The van der Waals surface area contributed by atoms with Crippen LogP contribution in [-0.2, 0) is 11.2 Å². The molecule has 0 saturated carbocycles. The van der Waals surface area contributed by atoms with Crippen LogP contribution in [0.15, 0.2) is 36.0 Å². The summed E-state index contributed by atoms with van der Waals surface area (Å²) < 4.78 is 1.70. The Kier molecular flexibility index (Phi) is 4.87. The van der Waals surface area contributed by atoms with Gasteiger partial charge < -0.3 is 5.32 Å². The molecule has 142 valence electrons. The van der Waals surface area contributed by atoms with E-state index in [1.54, 1.807) is 4.52 Å². The van der Waals surface area contributed by atoms with Gasteiger partial charge in [0.25, 0.3) is 5.78 Å². The Labute approximate surface area is 166 Å². The topological polar surface area (TPSA) is 85.1 Å². The van der Waals surface area contributed by atoms with Crippen LogP contribution in [0.3, 0.4) is 0 Å². The average molecular weight is 392 g/mol. The minimum Gasteiger partial charge on any atom is -0.302 e. The van der Waals surface area contributed by atoms with Crippen LogP contribution in [0.25, 0.3) is 17.0 Å². The molecule has 1 N–H and O–H groups in total. The number of hydrogen-bond donors (Lipinski definition) is 1. The second kappa shape index (κ2) is 7.47. The van der Waals surface area contributed by atoms with E-state index in [-0.39, 0.29) is 5.91 Å². The predicted molar refractivity (Wildman–Crippen MR) is 109 cm³/mol. The Bertz CT molecular complexity index is 1150. The number of rotatable bonds is 5. The zero-order chi connectivity index (χ0) is 19.7. The molecule has 4 rings (SSSR count). The monoisotopic (exact) mass is 392 g/mol. The van der Waals surface area contributed by atoms with Crippen molar-refractivity contribution >= 4 is 28.2 Å². The van der Waals surface area contributed by atoms with Crippen molar-refractivity contribution in [2.24, 2.45) is 0 Å². The summed E-state index contributed by atoms with van der Waals surface area (Å²) in [6.45, 7) is 5.96. The van der Waals surface area contributed by atoms with Crippen molar-refractivity contribution in [1.29, 1.82) is 0 Å². The highest BCUT2D eigenvalue weighted by atomic mass is 32.1. The lowest BCUT2D eigenvalue weighted by molar-refractivity contribution is -0.116. The largest absolute Gasteiger partial charge is 0.302 e. The molecular formula is C20H20N6OS. The van der Waals surface area contributed by atoms with Gasteiger partial charge in [-0.3, -0.25) is 4.79 Å². The van der Waals surface area contributed by atoms with E-state index in [4.69, 9.17) is 0 Å². The van der Waals surface area contributed by atoms with Crippen molar-refractivity contribution in [2.45, 2.75) is 33.6 Å². The molecule has 1 aromatic carbocycles. The molecule has 28 heavy (non-hydrogen) atoms. The Hall–Kier alpha value is -3.13. The van der Waals surface area contributed by atoms with Gasteiger partial charge in [0.15, 0.2) is 5.13 Å². The van der Waals surface area contributed by atoms with Gasteiger partial charge >= 0.3 is 0 Å². The summed E-state index contributed by atoms with van der Waals surface area (Å²) in [4.78, 5) is 25.5. The fourth-order valence-electron chi connectivity index (χ4n) is 3.13. The first-order valence-electron chi connectivity index (χ1n) is 8.99. The quantitative estimate of drug-likeness (QED) is 0.559. The lowest BCUT2D eigenvalue weighted by atomic mass is 10.1. The second-order valence-corrected chi connectivity index (χ2v) is 7.54. The van der Waals surface area contributed by atoms with Crippen molar-refractivity contribution in [3.05, 3.63) is 58.5 Å². The predicted octanol–water partition coefficient (Wildman–Crippen LogP) is 3.74. The van der Waals surface area contributed by atoms with Crippen LogP contribution in [-0.4, -0.2) is 30.5 Å². The van der Waals surface area contributed by atoms with Crippen LogP contribution in [0.4, 0.5) is 5.13 Å². The number of thiazole rings is 1. The first-order valence-corrected chi connectivity index (χ1v) is 9.87. The van der Waals surface area contributed by atoms with Crippen molar-refractivity contribution in [3.8, 4) is 11.3 Å². The number of nitrogens with one attached hydrogen (secondary N) is 1. The molecule has 0 aliphatic rings. The minimum absolute atomic E-state index is 0.0673. The van der Waals surface area contributed by atoms with E-state index in [1.807, 2.05) is 31.4 Å². The van der Waals surface area contributed by atoms with Crippen LogP contribution in [0.5, 0.6) is 0 Å². The molecule has 8 heteroatoms. The number of aryl methyl sites for hydroxylation is 3. The van der Waals surface area contributed by atoms with Crippen molar-refractivity contribution < 1.29 is 4.79 Å². The van der Waals surface area contributed by atoms with Crippen LogP contribution < -0.4 is 5.32 Å². The summed E-state index contributed by atoms with van der Waals surface area (Å²) in [6, 6.07) is 8.18. The highest BCUT2D eigenvalue weighted by Gasteiger charge is 2.13.